The fourth-order valence-corrected chi connectivity index (χ4v) is 3.97. The van der Waals surface area contributed by atoms with Crippen LogP contribution in [0.15, 0.2) is 30.3 Å². The summed E-state index contributed by atoms with van der Waals surface area (Å²) in [4.78, 5) is 15.7. The Kier molecular flexibility index (Phi) is 5.19. The molecule has 0 bridgehead atoms. The summed E-state index contributed by atoms with van der Waals surface area (Å²) in [5, 5.41) is 11.3. The molecule has 0 unspecified atom stereocenters. The second-order valence-corrected chi connectivity index (χ2v) is 7.44. The van der Waals surface area contributed by atoms with E-state index in [0.29, 0.717) is 13.2 Å². The van der Waals surface area contributed by atoms with Crippen LogP contribution in [-0.4, -0.2) is 42.8 Å². The van der Waals surface area contributed by atoms with E-state index in [1.807, 2.05) is 0 Å². The van der Waals surface area contributed by atoms with Gasteiger partial charge in [0.15, 0.2) is 6.79 Å². The van der Waals surface area contributed by atoms with Crippen LogP contribution >= 0.6 is 0 Å². The van der Waals surface area contributed by atoms with Gasteiger partial charge in [-0.2, -0.15) is 0 Å². The molecule has 4 rings (SSSR count). The molecule has 1 fully saturated rings. The van der Waals surface area contributed by atoms with Gasteiger partial charge in [-0.25, -0.2) is 0 Å². The Morgan fingerprint density at radius 1 is 1.14 bits per heavy atom. The Hall–Kier alpha value is -2.64. The summed E-state index contributed by atoms with van der Waals surface area (Å²) < 4.78 is 11.0. The van der Waals surface area contributed by atoms with Gasteiger partial charge in [0, 0.05) is 61.7 Å². The van der Waals surface area contributed by atoms with E-state index in [1.54, 1.807) is 12.1 Å². The number of aryl methyl sites for hydroxylation is 1. The van der Waals surface area contributed by atoms with Crippen molar-refractivity contribution in [3.05, 3.63) is 62.7 Å². The van der Waals surface area contributed by atoms with Crippen molar-refractivity contribution in [1.82, 2.24) is 4.90 Å². The number of rotatable bonds is 4. The molecule has 28 heavy (non-hydrogen) atoms. The van der Waals surface area contributed by atoms with Gasteiger partial charge in [0.25, 0.3) is 5.69 Å². The first-order chi connectivity index (χ1) is 13.5. The van der Waals surface area contributed by atoms with Gasteiger partial charge >= 0.3 is 0 Å². The maximum Gasteiger partial charge on any atom is 0.270 e. The van der Waals surface area contributed by atoms with Crippen LogP contribution in [0.1, 0.15) is 22.3 Å². The summed E-state index contributed by atoms with van der Waals surface area (Å²) in [5.74, 6) is 0.744. The predicted molar refractivity (Wildman–Crippen MR) is 107 cm³/mol. The second kappa shape index (κ2) is 7.77. The highest BCUT2D eigenvalue weighted by Gasteiger charge is 2.24. The van der Waals surface area contributed by atoms with E-state index in [0.717, 1.165) is 43.1 Å². The Morgan fingerprint density at radius 2 is 1.93 bits per heavy atom. The molecule has 0 saturated carbocycles. The second-order valence-electron chi connectivity index (χ2n) is 7.44. The standard InChI is InChI=1S/C21H25N3O4/c1-15-4-3-5-20(16(15)2)23-8-6-22(7-9-23)12-17-10-19(24(25)26)11-18-13-27-14-28-21(17)18/h3-5,10-11H,6-9,12-14H2,1-2H3. The summed E-state index contributed by atoms with van der Waals surface area (Å²) in [5.41, 5.74) is 5.65. The van der Waals surface area contributed by atoms with E-state index in [1.165, 1.54) is 16.8 Å². The summed E-state index contributed by atoms with van der Waals surface area (Å²) in [7, 11) is 0. The lowest BCUT2D eigenvalue weighted by Crippen LogP contribution is -2.46. The molecule has 7 heteroatoms. The van der Waals surface area contributed by atoms with Gasteiger partial charge in [0.05, 0.1) is 11.5 Å². The average molecular weight is 383 g/mol. The summed E-state index contributed by atoms with van der Waals surface area (Å²) in [6.07, 6.45) is 0. The molecule has 0 atom stereocenters. The quantitative estimate of drug-likeness (QED) is 0.595. The average Bonchev–Trinajstić information content (AvgIpc) is 2.70. The van der Waals surface area contributed by atoms with E-state index < -0.39 is 0 Å². The van der Waals surface area contributed by atoms with Gasteiger partial charge < -0.3 is 14.4 Å². The van der Waals surface area contributed by atoms with E-state index in [-0.39, 0.29) is 17.4 Å². The molecule has 0 radical (unpaired) electrons. The highest BCUT2D eigenvalue weighted by Crippen LogP contribution is 2.34. The third-order valence-electron chi connectivity index (χ3n) is 5.67. The molecule has 0 aliphatic carbocycles. The van der Waals surface area contributed by atoms with Crippen molar-refractivity contribution in [2.75, 3.05) is 37.9 Å². The van der Waals surface area contributed by atoms with Crippen molar-refractivity contribution in [2.45, 2.75) is 27.0 Å². The molecular formula is C21H25N3O4. The minimum absolute atomic E-state index is 0.0943. The predicted octanol–water partition coefficient (Wildman–Crippen LogP) is 3.40. The smallest absolute Gasteiger partial charge is 0.270 e. The Labute approximate surface area is 164 Å². The molecule has 0 amide bonds. The summed E-state index contributed by atoms with van der Waals surface area (Å²) in [6, 6.07) is 9.63. The third-order valence-corrected chi connectivity index (χ3v) is 5.67. The van der Waals surface area contributed by atoms with Crippen molar-refractivity contribution in [3.63, 3.8) is 0 Å². The van der Waals surface area contributed by atoms with Crippen LogP contribution in [0.4, 0.5) is 11.4 Å². The van der Waals surface area contributed by atoms with Gasteiger partial charge in [-0.1, -0.05) is 12.1 Å². The summed E-state index contributed by atoms with van der Waals surface area (Å²) in [6.45, 7) is 9.18. The number of piperazine rings is 1. The molecular weight excluding hydrogens is 358 g/mol. The molecule has 2 aliphatic heterocycles. The van der Waals surface area contributed by atoms with Crippen LogP contribution in [-0.2, 0) is 17.9 Å². The fourth-order valence-electron chi connectivity index (χ4n) is 3.97. The fraction of sp³-hybridized carbons (Fsp3) is 0.429. The number of benzene rings is 2. The van der Waals surface area contributed by atoms with E-state index >= 15 is 0 Å². The van der Waals surface area contributed by atoms with Crippen LogP contribution < -0.4 is 9.64 Å². The number of ether oxygens (including phenoxy) is 2. The normalized spacial score (nSPS) is 17.1. The Balaban J connectivity index is 1.48. The molecule has 0 spiro atoms. The minimum Gasteiger partial charge on any atom is -0.467 e. The molecule has 2 heterocycles. The lowest BCUT2D eigenvalue weighted by Gasteiger charge is -2.37. The van der Waals surface area contributed by atoms with Crippen molar-refractivity contribution in [2.24, 2.45) is 0 Å². The number of nitro benzene ring substituents is 1. The molecule has 2 aromatic rings. The topological polar surface area (TPSA) is 68.1 Å². The van der Waals surface area contributed by atoms with Gasteiger partial charge in [-0.3, -0.25) is 15.0 Å². The Bertz CT molecular complexity index is 891. The van der Waals surface area contributed by atoms with Crippen LogP contribution in [0.5, 0.6) is 5.75 Å². The number of hydrogen-bond donors (Lipinski definition) is 0. The van der Waals surface area contributed by atoms with Crippen molar-refractivity contribution >= 4 is 11.4 Å². The van der Waals surface area contributed by atoms with E-state index in [9.17, 15) is 10.1 Å². The molecule has 1 saturated heterocycles. The van der Waals surface area contributed by atoms with Gasteiger partial charge in [0.2, 0.25) is 0 Å². The zero-order chi connectivity index (χ0) is 19.7. The summed E-state index contributed by atoms with van der Waals surface area (Å²) >= 11 is 0. The maximum atomic E-state index is 11.3. The molecule has 7 nitrogen and oxygen atoms in total. The Morgan fingerprint density at radius 3 is 2.68 bits per heavy atom. The first kappa shape index (κ1) is 18.7. The van der Waals surface area contributed by atoms with Crippen LogP contribution in [0.25, 0.3) is 0 Å². The number of non-ortho nitro benzene ring substituents is 1. The van der Waals surface area contributed by atoms with E-state index in [2.05, 4.69) is 41.8 Å². The lowest BCUT2D eigenvalue weighted by atomic mass is 10.1. The third kappa shape index (κ3) is 3.68. The maximum absolute atomic E-state index is 11.3. The molecule has 148 valence electrons. The molecule has 2 aromatic carbocycles. The molecule has 0 aromatic heterocycles. The lowest BCUT2D eigenvalue weighted by molar-refractivity contribution is -0.385. The van der Waals surface area contributed by atoms with Gasteiger partial charge in [-0.15, -0.1) is 0 Å². The van der Waals surface area contributed by atoms with Crippen LogP contribution in [0.3, 0.4) is 0 Å². The largest absolute Gasteiger partial charge is 0.467 e. The molecule has 0 N–H and O–H groups in total. The van der Waals surface area contributed by atoms with Crippen LogP contribution in [0, 0.1) is 24.0 Å². The number of fused-ring (bicyclic) bond motifs is 1. The number of nitro groups is 1. The number of hydrogen-bond acceptors (Lipinski definition) is 6. The van der Waals surface area contributed by atoms with Gasteiger partial charge in [0.1, 0.15) is 5.75 Å². The zero-order valence-electron chi connectivity index (χ0n) is 16.3. The first-order valence-electron chi connectivity index (χ1n) is 9.57. The highest BCUT2D eigenvalue weighted by atomic mass is 16.7. The van der Waals surface area contributed by atoms with Crippen LogP contribution in [0.2, 0.25) is 0 Å². The highest BCUT2D eigenvalue weighted by molar-refractivity contribution is 5.56. The number of nitrogens with zero attached hydrogens (tertiary/aromatic N) is 3. The monoisotopic (exact) mass is 383 g/mol. The van der Waals surface area contributed by atoms with Crippen molar-refractivity contribution in [3.8, 4) is 5.75 Å². The van der Waals surface area contributed by atoms with Gasteiger partial charge in [-0.05, 0) is 31.0 Å². The molecule has 2 aliphatic rings. The van der Waals surface area contributed by atoms with Crippen molar-refractivity contribution < 1.29 is 14.4 Å². The SMILES string of the molecule is Cc1cccc(N2CCN(Cc3cc([N+](=O)[O-])cc4c3OCOC4)CC2)c1C. The van der Waals surface area contributed by atoms with E-state index in [4.69, 9.17) is 9.47 Å². The zero-order valence-corrected chi connectivity index (χ0v) is 16.3. The first-order valence-corrected chi connectivity index (χ1v) is 9.57. The number of anilines is 1. The van der Waals surface area contributed by atoms with Crippen molar-refractivity contribution in [1.29, 1.82) is 0 Å². The minimum atomic E-state index is -0.350.